The zero-order chi connectivity index (χ0) is 10.6. The van der Waals surface area contributed by atoms with Crippen molar-refractivity contribution in [3.63, 3.8) is 0 Å². The molecule has 0 spiro atoms. The zero-order valence-corrected chi connectivity index (χ0v) is 9.64. The molecule has 0 heterocycles. The molecule has 0 saturated heterocycles. The highest BCUT2D eigenvalue weighted by Crippen LogP contribution is 2.01. The molecule has 0 aromatic heterocycles. The van der Waals surface area contributed by atoms with E-state index in [0.717, 1.165) is 56.7 Å². The van der Waals surface area contributed by atoms with E-state index in [4.69, 9.17) is 4.55 Å². The maximum Gasteiger partial charge on any atom is 0.0207 e. The van der Waals surface area contributed by atoms with E-state index in [1.54, 1.807) is 0 Å². The fourth-order valence-corrected chi connectivity index (χ4v) is 1.49. The Balaban J connectivity index is 3.59. The molecule has 0 amide bonds. The van der Waals surface area contributed by atoms with E-state index in [0.29, 0.717) is 0 Å². The first-order chi connectivity index (χ1) is 6.85. The molecule has 0 fully saturated rings. The molecular formula is C11H21NOS. The van der Waals surface area contributed by atoms with E-state index >= 15 is 0 Å². The van der Waals surface area contributed by atoms with Crippen molar-refractivity contribution in [1.82, 2.24) is 4.90 Å². The normalized spacial score (nSPS) is 10.4. The van der Waals surface area contributed by atoms with Gasteiger partial charge in [-0.1, -0.05) is 12.2 Å². The first kappa shape index (κ1) is 13.8. The monoisotopic (exact) mass is 215 g/mol. The van der Waals surface area contributed by atoms with Crippen molar-refractivity contribution in [2.45, 2.75) is 19.3 Å². The molecule has 0 saturated carbocycles. The molecule has 2 nitrogen and oxygen atoms in total. The molecule has 14 heavy (non-hydrogen) atoms. The Kier molecular flexibility index (Phi) is 10.6. The average molecular weight is 215 g/mol. The molecule has 0 unspecified atom stereocenters. The quantitative estimate of drug-likeness (QED) is 0.344. The van der Waals surface area contributed by atoms with E-state index in [2.05, 4.69) is 18.1 Å². The molecule has 1 N–H and O–H groups in total. The lowest BCUT2D eigenvalue weighted by atomic mass is 10.3. The Morgan fingerprint density at radius 1 is 1.07 bits per heavy atom. The minimum absolute atomic E-state index is 0.818. The molecular weight excluding hydrogens is 194 g/mol. The van der Waals surface area contributed by atoms with Crippen LogP contribution in [0, 0.1) is 0 Å². The Morgan fingerprint density at radius 2 is 1.64 bits per heavy atom. The SMILES string of the molecule is C=CCCN(CCC=C)CCCSO. The van der Waals surface area contributed by atoms with Crippen LogP contribution >= 0.6 is 12.0 Å². The maximum absolute atomic E-state index is 8.60. The van der Waals surface area contributed by atoms with Gasteiger partial charge in [0.05, 0.1) is 0 Å². The van der Waals surface area contributed by atoms with Crippen molar-refractivity contribution in [3.8, 4) is 0 Å². The number of hydrogen-bond donors (Lipinski definition) is 1. The van der Waals surface area contributed by atoms with Crippen LogP contribution in [0.2, 0.25) is 0 Å². The van der Waals surface area contributed by atoms with Crippen molar-refractivity contribution in [2.75, 3.05) is 25.4 Å². The van der Waals surface area contributed by atoms with Crippen molar-refractivity contribution < 1.29 is 4.55 Å². The van der Waals surface area contributed by atoms with E-state index in [-0.39, 0.29) is 0 Å². The molecule has 0 atom stereocenters. The van der Waals surface area contributed by atoms with Crippen molar-refractivity contribution in [1.29, 1.82) is 0 Å². The highest BCUT2D eigenvalue weighted by Gasteiger charge is 2.01. The lowest BCUT2D eigenvalue weighted by molar-refractivity contribution is 0.285. The summed E-state index contributed by atoms with van der Waals surface area (Å²) in [5.41, 5.74) is 0. The molecule has 0 bridgehead atoms. The van der Waals surface area contributed by atoms with Gasteiger partial charge in [0.2, 0.25) is 0 Å². The van der Waals surface area contributed by atoms with Gasteiger partial charge in [-0.05, 0) is 37.8 Å². The Morgan fingerprint density at radius 3 is 2.07 bits per heavy atom. The first-order valence-corrected chi connectivity index (χ1v) is 6.00. The molecule has 0 aliphatic rings. The van der Waals surface area contributed by atoms with Gasteiger partial charge in [0.25, 0.3) is 0 Å². The number of nitrogens with zero attached hydrogens (tertiary/aromatic N) is 1. The zero-order valence-electron chi connectivity index (χ0n) is 8.82. The van der Waals surface area contributed by atoms with E-state index in [1.807, 2.05) is 12.2 Å². The summed E-state index contributed by atoms with van der Waals surface area (Å²) in [6, 6.07) is 0. The van der Waals surface area contributed by atoms with Gasteiger partial charge in [0.15, 0.2) is 0 Å². The van der Waals surface area contributed by atoms with Gasteiger partial charge in [0.1, 0.15) is 0 Å². The van der Waals surface area contributed by atoms with Crippen LogP contribution in [0.15, 0.2) is 25.3 Å². The van der Waals surface area contributed by atoms with Crippen LogP contribution in [0.4, 0.5) is 0 Å². The summed E-state index contributed by atoms with van der Waals surface area (Å²) in [6.07, 6.45) is 6.99. The summed E-state index contributed by atoms with van der Waals surface area (Å²) >= 11 is 0.924. The highest BCUT2D eigenvalue weighted by atomic mass is 32.2. The van der Waals surface area contributed by atoms with Crippen LogP contribution < -0.4 is 0 Å². The largest absolute Gasteiger partial charge is 0.330 e. The minimum atomic E-state index is 0.818. The van der Waals surface area contributed by atoms with Gasteiger partial charge in [-0.25, -0.2) is 0 Å². The van der Waals surface area contributed by atoms with Crippen molar-refractivity contribution >= 4 is 12.0 Å². The van der Waals surface area contributed by atoms with Crippen LogP contribution in [0.1, 0.15) is 19.3 Å². The molecule has 0 radical (unpaired) electrons. The Hall–Kier alpha value is -0.250. The maximum atomic E-state index is 8.60. The molecule has 0 aromatic carbocycles. The summed E-state index contributed by atoms with van der Waals surface area (Å²) in [5.74, 6) is 0.818. The number of rotatable bonds is 10. The molecule has 82 valence electrons. The van der Waals surface area contributed by atoms with Crippen LogP contribution in [-0.2, 0) is 0 Å². The Bertz CT molecular complexity index is 138. The second-order valence-corrected chi connectivity index (χ2v) is 3.85. The van der Waals surface area contributed by atoms with Crippen molar-refractivity contribution in [3.05, 3.63) is 25.3 Å². The van der Waals surface area contributed by atoms with Crippen molar-refractivity contribution in [2.24, 2.45) is 0 Å². The standard InChI is InChI=1S/C11H21NOS/c1-3-5-8-12(9-6-4-2)10-7-11-14-13/h3-4,13H,1-2,5-11H2. The van der Waals surface area contributed by atoms with E-state index in [9.17, 15) is 0 Å². The molecule has 0 aliphatic carbocycles. The van der Waals surface area contributed by atoms with Gasteiger partial charge in [-0.15, -0.1) is 13.2 Å². The lowest BCUT2D eigenvalue weighted by Crippen LogP contribution is -2.27. The van der Waals surface area contributed by atoms with Crippen LogP contribution in [0.5, 0.6) is 0 Å². The van der Waals surface area contributed by atoms with Gasteiger partial charge in [0, 0.05) is 18.8 Å². The van der Waals surface area contributed by atoms with Crippen LogP contribution in [0.25, 0.3) is 0 Å². The highest BCUT2D eigenvalue weighted by molar-refractivity contribution is 7.93. The minimum Gasteiger partial charge on any atom is -0.330 e. The molecule has 0 rings (SSSR count). The third kappa shape index (κ3) is 8.35. The molecule has 3 heteroatoms. The summed E-state index contributed by atoms with van der Waals surface area (Å²) < 4.78 is 8.60. The smallest absolute Gasteiger partial charge is 0.0207 e. The van der Waals surface area contributed by atoms with Gasteiger partial charge < -0.3 is 9.45 Å². The third-order valence-electron chi connectivity index (χ3n) is 2.01. The summed E-state index contributed by atoms with van der Waals surface area (Å²) in [7, 11) is 0. The Labute approximate surface area is 91.9 Å². The molecule has 0 aliphatic heterocycles. The van der Waals surface area contributed by atoms with Gasteiger partial charge in [-0.3, -0.25) is 0 Å². The molecule has 0 aromatic rings. The summed E-state index contributed by atoms with van der Waals surface area (Å²) in [5, 5.41) is 0. The third-order valence-corrected chi connectivity index (χ3v) is 2.48. The summed E-state index contributed by atoms with van der Waals surface area (Å²) in [6.45, 7) is 10.6. The van der Waals surface area contributed by atoms with Crippen LogP contribution in [0.3, 0.4) is 0 Å². The second kappa shape index (κ2) is 10.8. The summed E-state index contributed by atoms with van der Waals surface area (Å²) in [4.78, 5) is 2.39. The fraction of sp³-hybridized carbons (Fsp3) is 0.636. The fourth-order valence-electron chi connectivity index (χ4n) is 1.24. The number of hydrogen-bond acceptors (Lipinski definition) is 3. The van der Waals surface area contributed by atoms with Gasteiger partial charge in [-0.2, -0.15) is 0 Å². The van der Waals surface area contributed by atoms with Gasteiger partial charge >= 0.3 is 0 Å². The lowest BCUT2D eigenvalue weighted by Gasteiger charge is -2.20. The first-order valence-electron chi connectivity index (χ1n) is 5.05. The van der Waals surface area contributed by atoms with Crippen LogP contribution in [-0.4, -0.2) is 34.8 Å². The predicted molar refractivity (Wildman–Crippen MR) is 65.8 cm³/mol. The average Bonchev–Trinajstić information content (AvgIpc) is 2.21. The second-order valence-electron chi connectivity index (χ2n) is 3.18. The van der Waals surface area contributed by atoms with E-state index < -0.39 is 0 Å². The van der Waals surface area contributed by atoms with E-state index in [1.165, 1.54) is 0 Å². The predicted octanol–water partition coefficient (Wildman–Crippen LogP) is 3.04. The topological polar surface area (TPSA) is 23.5 Å².